The zero-order valence-corrected chi connectivity index (χ0v) is 10.4. The molecule has 7 heteroatoms. The number of primary amides is 1. The van der Waals surface area contributed by atoms with Crippen LogP contribution in [0.15, 0.2) is 30.3 Å². The number of urea groups is 1. The number of hydrogen-bond donors (Lipinski definition) is 3. The normalized spacial score (nSPS) is 10.2. The fourth-order valence-corrected chi connectivity index (χ4v) is 1.85. The molecule has 1 aromatic carbocycles. The second kappa shape index (κ2) is 5.46. The van der Waals surface area contributed by atoms with Crippen LogP contribution in [0.2, 0.25) is 0 Å². The Labute approximate surface area is 109 Å². The number of hydrogen-bond acceptors (Lipinski definition) is 3. The molecule has 0 aliphatic carbocycles. The highest BCUT2D eigenvalue weighted by Gasteiger charge is 2.07. The summed E-state index contributed by atoms with van der Waals surface area (Å²) in [5, 5.41) is 9.45. The smallest absolute Gasteiger partial charge is 0.312 e. The Morgan fingerprint density at radius 1 is 1.44 bits per heavy atom. The van der Waals surface area contributed by atoms with Crippen LogP contribution in [0.3, 0.4) is 0 Å². The van der Waals surface area contributed by atoms with Crippen molar-refractivity contribution in [3.8, 4) is 11.4 Å². The van der Waals surface area contributed by atoms with Gasteiger partial charge in [-0.05, 0) is 12.2 Å². The molecule has 6 nitrogen and oxygen atoms in total. The fourth-order valence-electron chi connectivity index (χ4n) is 1.62. The molecule has 2 rings (SSSR count). The minimum atomic E-state index is -0.550. The summed E-state index contributed by atoms with van der Waals surface area (Å²) < 4.78 is 2.33. The van der Waals surface area contributed by atoms with Crippen molar-refractivity contribution in [3.63, 3.8) is 0 Å². The van der Waals surface area contributed by atoms with Crippen LogP contribution in [0, 0.1) is 4.77 Å². The van der Waals surface area contributed by atoms with Gasteiger partial charge in [-0.25, -0.2) is 4.79 Å². The van der Waals surface area contributed by atoms with E-state index in [4.69, 9.17) is 18.0 Å². The van der Waals surface area contributed by atoms with E-state index in [1.165, 1.54) is 0 Å². The Bertz CT molecular complexity index is 589. The largest absolute Gasteiger partial charge is 0.352 e. The van der Waals surface area contributed by atoms with Crippen LogP contribution in [-0.4, -0.2) is 27.3 Å². The van der Waals surface area contributed by atoms with E-state index in [1.54, 1.807) is 0 Å². The lowest BCUT2D eigenvalue weighted by atomic mass is 10.2. The molecule has 94 valence electrons. The van der Waals surface area contributed by atoms with Crippen molar-refractivity contribution in [3.05, 3.63) is 35.1 Å². The quantitative estimate of drug-likeness (QED) is 0.726. The van der Waals surface area contributed by atoms with Crippen LogP contribution in [0.4, 0.5) is 4.79 Å². The van der Waals surface area contributed by atoms with Gasteiger partial charge in [0.05, 0.1) is 0 Å². The average Bonchev–Trinajstić information content (AvgIpc) is 2.72. The van der Waals surface area contributed by atoms with Crippen LogP contribution >= 0.6 is 12.2 Å². The number of carbonyl (C=O) groups excluding carboxylic acids is 1. The standard InChI is InChI=1S/C11H13N5OS/c12-10(17)13-6-7-16-9(14-15-11(16)18)8-4-2-1-3-5-8/h1-5H,6-7H2,(H,15,18)(H3,12,13,17). The predicted molar refractivity (Wildman–Crippen MR) is 70.4 cm³/mol. The maximum atomic E-state index is 10.6. The van der Waals surface area contributed by atoms with Gasteiger partial charge in [-0.2, -0.15) is 5.10 Å². The van der Waals surface area contributed by atoms with Gasteiger partial charge in [-0.3, -0.25) is 9.67 Å². The van der Waals surface area contributed by atoms with Crippen LogP contribution in [0.5, 0.6) is 0 Å². The molecule has 4 N–H and O–H groups in total. The van der Waals surface area contributed by atoms with Crippen molar-refractivity contribution in [2.75, 3.05) is 6.54 Å². The molecule has 0 bridgehead atoms. The molecule has 0 atom stereocenters. The molecule has 0 aliphatic rings. The number of nitrogens with two attached hydrogens (primary N) is 1. The van der Waals surface area contributed by atoms with Gasteiger partial charge in [0.2, 0.25) is 0 Å². The molecule has 0 spiro atoms. The van der Waals surface area contributed by atoms with E-state index in [2.05, 4.69) is 15.5 Å². The van der Waals surface area contributed by atoms with Crippen LogP contribution in [0.25, 0.3) is 11.4 Å². The van der Waals surface area contributed by atoms with Gasteiger partial charge >= 0.3 is 6.03 Å². The van der Waals surface area contributed by atoms with Gasteiger partial charge < -0.3 is 11.1 Å². The summed E-state index contributed by atoms with van der Waals surface area (Å²) >= 11 is 5.15. The molecule has 0 radical (unpaired) electrons. The maximum absolute atomic E-state index is 10.6. The second-order valence-corrected chi connectivity index (χ2v) is 4.05. The molecule has 18 heavy (non-hydrogen) atoms. The highest BCUT2D eigenvalue weighted by molar-refractivity contribution is 7.71. The summed E-state index contributed by atoms with van der Waals surface area (Å²) in [4.78, 5) is 10.6. The summed E-state index contributed by atoms with van der Waals surface area (Å²) in [5.41, 5.74) is 5.97. The van der Waals surface area contributed by atoms with E-state index < -0.39 is 6.03 Å². The van der Waals surface area contributed by atoms with E-state index in [0.29, 0.717) is 17.9 Å². The van der Waals surface area contributed by atoms with Gasteiger partial charge in [0, 0.05) is 18.7 Å². The molecule has 0 aliphatic heterocycles. The van der Waals surface area contributed by atoms with E-state index >= 15 is 0 Å². The minimum absolute atomic E-state index is 0.406. The molecule has 2 amide bonds. The number of amides is 2. The summed E-state index contributed by atoms with van der Waals surface area (Å²) in [7, 11) is 0. The van der Waals surface area contributed by atoms with Crippen molar-refractivity contribution in [2.24, 2.45) is 5.73 Å². The first-order valence-corrected chi connectivity index (χ1v) is 5.83. The van der Waals surface area contributed by atoms with E-state index in [1.807, 2.05) is 34.9 Å². The molecule has 0 unspecified atom stereocenters. The van der Waals surface area contributed by atoms with Crippen molar-refractivity contribution in [1.29, 1.82) is 0 Å². The lowest BCUT2D eigenvalue weighted by molar-refractivity contribution is 0.248. The number of H-pyrrole nitrogens is 1. The Balaban J connectivity index is 2.22. The molecule has 1 heterocycles. The first kappa shape index (κ1) is 12.3. The van der Waals surface area contributed by atoms with Crippen LogP contribution < -0.4 is 11.1 Å². The van der Waals surface area contributed by atoms with E-state index in [9.17, 15) is 4.79 Å². The molecular formula is C11H13N5OS. The monoisotopic (exact) mass is 263 g/mol. The third-order valence-electron chi connectivity index (χ3n) is 2.42. The third kappa shape index (κ3) is 2.75. The maximum Gasteiger partial charge on any atom is 0.312 e. The van der Waals surface area contributed by atoms with E-state index in [0.717, 1.165) is 11.4 Å². The number of aromatic nitrogens is 3. The van der Waals surface area contributed by atoms with Gasteiger partial charge in [-0.1, -0.05) is 30.3 Å². The van der Waals surface area contributed by atoms with Crippen molar-refractivity contribution >= 4 is 18.2 Å². The molecule has 0 saturated carbocycles. The predicted octanol–water partition coefficient (Wildman–Crippen LogP) is 1.28. The SMILES string of the molecule is NC(=O)NCCn1c(-c2ccccc2)n[nH]c1=S. The summed E-state index contributed by atoms with van der Waals surface area (Å²) in [6.45, 7) is 0.922. The Morgan fingerprint density at radius 3 is 2.83 bits per heavy atom. The fraction of sp³-hybridized carbons (Fsp3) is 0.182. The topological polar surface area (TPSA) is 88.7 Å². The van der Waals surface area contributed by atoms with Crippen LogP contribution in [0.1, 0.15) is 0 Å². The van der Waals surface area contributed by atoms with Crippen molar-refractivity contribution in [1.82, 2.24) is 20.1 Å². The van der Waals surface area contributed by atoms with Crippen molar-refractivity contribution in [2.45, 2.75) is 6.54 Å². The highest BCUT2D eigenvalue weighted by atomic mass is 32.1. The summed E-state index contributed by atoms with van der Waals surface area (Å²) in [6, 6.07) is 9.14. The number of benzene rings is 1. The lowest BCUT2D eigenvalue weighted by Gasteiger charge is -2.06. The summed E-state index contributed by atoms with van der Waals surface area (Å²) in [6.07, 6.45) is 0. The first-order valence-electron chi connectivity index (χ1n) is 5.42. The van der Waals surface area contributed by atoms with Gasteiger partial charge in [0.1, 0.15) is 0 Å². The zero-order chi connectivity index (χ0) is 13.0. The van der Waals surface area contributed by atoms with E-state index in [-0.39, 0.29) is 0 Å². The Morgan fingerprint density at radius 2 is 2.17 bits per heavy atom. The lowest BCUT2D eigenvalue weighted by Crippen LogP contribution is -2.32. The van der Waals surface area contributed by atoms with Crippen LogP contribution in [-0.2, 0) is 6.54 Å². The van der Waals surface area contributed by atoms with Gasteiger partial charge in [0.25, 0.3) is 0 Å². The zero-order valence-electron chi connectivity index (χ0n) is 9.59. The van der Waals surface area contributed by atoms with Gasteiger partial charge in [-0.15, -0.1) is 0 Å². The Hall–Kier alpha value is -2.15. The number of rotatable bonds is 4. The second-order valence-electron chi connectivity index (χ2n) is 3.66. The number of nitrogens with one attached hydrogen (secondary N) is 2. The number of aromatic amines is 1. The molecule has 2 aromatic rings. The number of carbonyl (C=O) groups is 1. The molecule has 0 saturated heterocycles. The Kier molecular flexibility index (Phi) is 3.73. The molecular weight excluding hydrogens is 250 g/mol. The van der Waals surface area contributed by atoms with Gasteiger partial charge in [0.15, 0.2) is 10.6 Å². The molecule has 1 aromatic heterocycles. The highest BCUT2D eigenvalue weighted by Crippen LogP contribution is 2.16. The number of nitrogens with zero attached hydrogens (tertiary/aromatic N) is 2. The average molecular weight is 263 g/mol. The summed E-state index contributed by atoms with van der Waals surface area (Å²) in [5.74, 6) is 0.742. The molecule has 0 fully saturated rings. The first-order chi connectivity index (χ1) is 8.68. The third-order valence-corrected chi connectivity index (χ3v) is 2.74. The van der Waals surface area contributed by atoms with Crippen molar-refractivity contribution < 1.29 is 4.79 Å². The minimum Gasteiger partial charge on any atom is -0.352 e.